The predicted octanol–water partition coefficient (Wildman–Crippen LogP) is 3.54. The number of halogens is 2. The molecule has 2 N–H and O–H groups in total. The van der Waals surface area contributed by atoms with Crippen LogP contribution in [0.4, 0.5) is 5.82 Å². The van der Waals surface area contributed by atoms with Crippen LogP contribution in [0.25, 0.3) is 0 Å². The summed E-state index contributed by atoms with van der Waals surface area (Å²) in [4.78, 5) is 4.00. The molecular weight excluding hydrogens is 247 g/mol. The van der Waals surface area contributed by atoms with Crippen LogP contribution < -0.4 is 10.5 Å². The lowest BCUT2D eigenvalue weighted by molar-refractivity contribution is 0.217. The monoisotopic (exact) mass is 260 g/mol. The molecule has 2 rings (SSSR count). The van der Waals surface area contributed by atoms with Gasteiger partial charge in [-0.15, -0.1) is 0 Å². The lowest BCUT2D eigenvalue weighted by Crippen LogP contribution is -2.15. The zero-order valence-corrected chi connectivity index (χ0v) is 10.4. The molecule has 0 atom stereocenters. The van der Waals surface area contributed by atoms with Gasteiger partial charge in [0, 0.05) is 0 Å². The van der Waals surface area contributed by atoms with E-state index in [0.717, 1.165) is 12.3 Å². The fourth-order valence-electron chi connectivity index (χ4n) is 1.67. The lowest BCUT2D eigenvalue weighted by atomic mass is 9.83. The molecule has 1 heterocycles. The minimum Gasteiger partial charge on any atom is -0.477 e. The molecule has 0 aromatic carbocycles. The number of anilines is 1. The molecule has 0 unspecified atom stereocenters. The summed E-state index contributed by atoms with van der Waals surface area (Å²) in [5.74, 6) is 1.44. The molecule has 0 bridgehead atoms. The van der Waals surface area contributed by atoms with Crippen LogP contribution in [0, 0.1) is 5.92 Å². The van der Waals surface area contributed by atoms with Crippen LogP contribution in [0.1, 0.15) is 25.7 Å². The van der Waals surface area contributed by atoms with Crippen molar-refractivity contribution >= 4 is 29.0 Å². The van der Waals surface area contributed by atoms with Gasteiger partial charge in [-0.1, -0.05) is 42.5 Å². The van der Waals surface area contributed by atoms with Crippen molar-refractivity contribution in [2.75, 3.05) is 12.3 Å². The van der Waals surface area contributed by atoms with Crippen LogP contribution in [0.2, 0.25) is 10.0 Å². The molecule has 1 aliphatic rings. The molecule has 0 radical (unpaired) electrons. The van der Waals surface area contributed by atoms with Gasteiger partial charge in [0.25, 0.3) is 0 Å². The Morgan fingerprint density at radius 2 is 2.12 bits per heavy atom. The second-order valence-electron chi connectivity index (χ2n) is 4.08. The third-order valence-electron chi connectivity index (χ3n) is 2.91. The van der Waals surface area contributed by atoms with Gasteiger partial charge < -0.3 is 10.5 Å². The zero-order valence-electron chi connectivity index (χ0n) is 8.88. The van der Waals surface area contributed by atoms with E-state index in [1.54, 1.807) is 6.07 Å². The third kappa shape index (κ3) is 2.71. The standard InChI is InChI=1S/C11H14Cl2N2O/c12-8-6-9(13)11(15-10(8)14)16-5-4-7-2-1-3-7/h6-7H,1-5H2,(H2,14,15). The van der Waals surface area contributed by atoms with Gasteiger partial charge in [0.2, 0.25) is 5.88 Å². The summed E-state index contributed by atoms with van der Waals surface area (Å²) in [7, 11) is 0. The van der Waals surface area contributed by atoms with Gasteiger partial charge in [-0.25, -0.2) is 0 Å². The van der Waals surface area contributed by atoms with Crippen molar-refractivity contribution in [3.63, 3.8) is 0 Å². The van der Waals surface area contributed by atoms with Crippen LogP contribution in [-0.4, -0.2) is 11.6 Å². The number of ether oxygens (including phenoxy) is 1. The summed E-state index contributed by atoms with van der Waals surface area (Å²) >= 11 is 11.7. The molecule has 3 nitrogen and oxygen atoms in total. The van der Waals surface area contributed by atoms with Crippen molar-refractivity contribution in [3.05, 3.63) is 16.1 Å². The van der Waals surface area contributed by atoms with E-state index in [-0.39, 0.29) is 5.82 Å². The third-order valence-corrected chi connectivity index (χ3v) is 3.49. The summed E-state index contributed by atoms with van der Waals surface area (Å²) in [6, 6.07) is 1.56. The van der Waals surface area contributed by atoms with Crippen molar-refractivity contribution in [2.24, 2.45) is 5.92 Å². The molecule has 1 aromatic rings. The van der Waals surface area contributed by atoms with Crippen molar-refractivity contribution in [1.29, 1.82) is 0 Å². The molecule has 16 heavy (non-hydrogen) atoms. The first-order valence-corrected chi connectivity index (χ1v) is 6.16. The number of hydrogen-bond donors (Lipinski definition) is 1. The number of aromatic nitrogens is 1. The fraction of sp³-hybridized carbons (Fsp3) is 0.545. The second-order valence-corrected chi connectivity index (χ2v) is 4.89. The van der Waals surface area contributed by atoms with Crippen molar-refractivity contribution in [2.45, 2.75) is 25.7 Å². The van der Waals surface area contributed by atoms with E-state index in [4.69, 9.17) is 33.7 Å². The highest BCUT2D eigenvalue weighted by molar-refractivity contribution is 6.36. The smallest absolute Gasteiger partial charge is 0.234 e. The van der Waals surface area contributed by atoms with Gasteiger partial charge in [0.15, 0.2) is 0 Å². The van der Waals surface area contributed by atoms with E-state index >= 15 is 0 Å². The highest BCUT2D eigenvalue weighted by atomic mass is 35.5. The van der Waals surface area contributed by atoms with E-state index in [9.17, 15) is 0 Å². The molecule has 0 aliphatic heterocycles. The van der Waals surface area contributed by atoms with Gasteiger partial charge in [-0.3, -0.25) is 0 Å². The largest absolute Gasteiger partial charge is 0.477 e. The molecule has 1 aromatic heterocycles. The summed E-state index contributed by atoms with van der Waals surface area (Å²) in [5, 5.41) is 0.768. The van der Waals surface area contributed by atoms with Gasteiger partial charge >= 0.3 is 0 Å². The molecule has 1 saturated carbocycles. The molecule has 0 amide bonds. The normalized spacial score (nSPS) is 15.9. The van der Waals surface area contributed by atoms with Crippen molar-refractivity contribution in [3.8, 4) is 5.88 Å². The summed E-state index contributed by atoms with van der Waals surface area (Å²) in [5.41, 5.74) is 5.58. The maximum absolute atomic E-state index is 5.94. The molecular formula is C11H14Cl2N2O. The molecule has 5 heteroatoms. The maximum atomic E-state index is 5.94. The fourth-order valence-corrected chi connectivity index (χ4v) is 2.08. The molecule has 88 valence electrons. The van der Waals surface area contributed by atoms with Crippen molar-refractivity contribution < 1.29 is 4.74 Å². The Hall–Kier alpha value is -0.670. The maximum Gasteiger partial charge on any atom is 0.234 e. The number of hydrogen-bond acceptors (Lipinski definition) is 3. The van der Waals surface area contributed by atoms with Crippen LogP contribution in [0.15, 0.2) is 6.07 Å². The summed E-state index contributed by atoms with van der Waals surface area (Å²) < 4.78 is 5.50. The molecule has 0 saturated heterocycles. The van der Waals surface area contributed by atoms with E-state index < -0.39 is 0 Å². The molecule has 0 spiro atoms. The van der Waals surface area contributed by atoms with Gasteiger partial charge in [0.05, 0.1) is 11.6 Å². The zero-order chi connectivity index (χ0) is 11.5. The Bertz CT molecular complexity index is 380. The number of rotatable bonds is 4. The predicted molar refractivity (Wildman–Crippen MR) is 66.1 cm³/mol. The first kappa shape index (κ1) is 11.8. The summed E-state index contributed by atoms with van der Waals surface area (Å²) in [6.07, 6.45) is 5.03. The number of nitrogens with two attached hydrogens (primary N) is 1. The summed E-state index contributed by atoms with van der Waals surface area (Å²) in [6.45, 7) is 0.637. The molecule has 1 fully saturated rings. The first-order chi connectivity index (χ1) is 7.66. The lowest BCUT2D eigenvalue weighted by Gasteiger charge is -2.24. The average Bonchev–Trinajstić information content (AvgIpc) is 2.17. The van der Waals surface area contributed by atoms with Crippen LogP contribution in [0.5, 0.6) is 5.88 Å². The molecule has 1 aliphatic carbocycles. The van der Waals surface area contributed by atoms with E-state index in [1.165, 1.54) is 19.3 Å². The highest BCUT2D eigenvalue weighted by Crippen LogP contribution is 2.31. The van der Waals surface area contributed by atoms with Crippen LogP contribution in [-0.2, 0) is 0 Å². The minimum atomic E-state index is 0.254. The second kappa shape index (κ2) is 5.11. The average molecular weight is 261 g/mol. The number of pyridine rings is 1. The van der Waals surface area contributed by atoms with E-state index in [2.05, 4.69) is 4.98 Å². The van der Waals surface area contributed by atoms with E-state index in [1.807, 2.05) is 0 Å². The van der Waals surface area contributed by atoms with E-state index in [0.29, 0.717) is 22.5 Å². The Morgan fingerprint density at radius 3 is 2.75 bits per heavy atom. The van der Waals surface area contributed by atoms with Gasteiger partial charge in [0.1, 0.15) is 10.8 Å². The number of nitrogen functional groups attached to an aromatic ring is 1. The highest BCUT2D eigenvalue weighted by Gasteiger charge is 2.17. The Morgan fingerprint density at radius 1 is 1.38 bits per heavy atom. The SMILES string of the molecule is Nc1nc(OCCC2CCC2)c(Cl)cc1Cl. The van der Waals surface area contributed by atoms with Gasteiger partial charge in [-0.05, 0) is 18.4 Å². The first-order valence-electron chi connectivity index (χ1n) is 5.41. The quantitative estimate of drug-likeness (QED) is 0.901. The Labute approximate surface area is 105 Å². The Kier molecular flexibility index (Phi) is 3.77. The minimum absolute atomic E-state index is 0.254. The van der Waals surface area contributed by atoms with Crippen molar-refractivity contribution in [1.82, 2.24) is 4.98 Å². The topological polar surface area (TPSA) is 48.1 Å². The van der Waals surface area contributed by atoms with Crippen LogP contribution in [0.3, 0.4) is 0 Å². The Balaban J connectivity index is 1.90. The number of nitrogens with zero attached hydrogens (tertiary/aromatic N) is 1. The van der Waals surface area contributed by atoms with Crippen LogP contribution >= 0.6 is 23.2 Å². The van der Waals surface area contributed by atoms with Gasteiger partial charge in [-0.2, -0.15) is 4.98 Å².